The molecule has 1 unspecified atom stereocenters. The van der Waals surface area contributed by atoms with Crippen molar-refractivity contribution in [2.75, 3.05) is 46.5 Å². The summed E-state index contributed by atoms with van der Waals surface area (Å²) in [6.45, 7) is 7.42. The van der Waals surface area contributed by atoms with Gasteiger partial charge in [-0.1, -0.05) is 0 Å². The largest absolute Gasteiger partial charge is 0.383 e. The van der Waals surface area contributed by atoms with Crippen LogP contribution >= 0.6 is 0 Å². The van der Waals surface area contributed by atoms with Crippen LogP contribution in [0.4, 0.5) is 0 Å². The van der Waals surface area contributed by atoms with Gasteiger partial charge in [-0.2, -0.15) is 0 Å². The third-order valence-corrected chi connectivity index (χ3v) is 3.28. The minimum Gasteiger partial charge on any atom is -0.383 e. The fraction of sp³-hybridized carbons (Fsp3) is 0.857. The lowest BCUT2D eigenvalue weighted by Crippen LogP contribution is -2.46. The van der Waals surface area contributed by atoms with Gasteiger partial charge < -0.3 is 25.4 Å². The number of carbonyl (C=O) groups excluding carboxylic acids is 1. The molecular formula is C14H28N4O3. The summed E-state index contributed by atoms with van der Waals surface area (Å²) in [5.41, 5.74) is -0.142. The van der Waals surface area contributed by atoms with E-state index in [0.717, 1.165) is 26.0 Å². The molecule has 0 aliphatic carbocycles. The second-order valence-electron chi connectivity index (χ2n) is 5.29. The Balaban J connectivity index is 2.36. The van der Waals surface area contributed by atoms with Crippen molar-refractivity contribution < 1.29 is 14.3 Å². The van der Waals surface area contributed by atoms with Gasteiger partial charge in [0.05, 0.1) is 12.2 Å². The molecule has 7 nitrogen and oxygen atoms in total. The summed E-state index contributed by atoms with van der Waals surface area (Å²) in [5.74, 6) is 0.517. The zero-order chi connectivity index (χ0) is 15.6. The van der Waals surface area contributed by atoms with Crippen molar-refractivity contribution in [3.63, 3.8) is 0 Å². The van der Waals surface area contributed by atoms with Crippen LogP contribution in [0, 0.1) is 0 Å². The van der Waals surface area contributed by atoms with Gasteiger partial charge in [-0.05, 0) is 26.7 Å². The molecule has 7 heteroatoms. The van der Waals surface area contributed by atoms with Gasteiger partial charge in [0.2, 0.25) is 5.91 Å². The second-order valence-corrected chi connectivity index (χ2v) is 5.29. The zero-order valence-corrected chi connectivity index (χ0v) is 13.3. The standard InChI is InChI=1S/C14H28N4O3/c1-4-15-13(17-10-12(19)16-7-9-20-3)18-11-14(2)6-5-8-21-14/h4-11H2,1-3H3,(H,16,19)(H2,15,17,18). The highest BCUT2D eigenvalue weighted by atomic mass is 16.5. The number of hydrogen-bond acceptors (Lipinski definition) is 4. The van der Waals surface area contributed by atoms with E-state index in [9.17, 15) is 4.79 Å². The monoisotopic (exact) mass is 300 g/mol. The minimum atomic E-state index is -0.142. The normalized spacial score (nSPS) is 22.1. The molecule has 1 saturated heterocycles. The number of carbonyl (C=O) groups is 1. The van der Waals surface area contributed by atoms with Crippen molar-refractivity contribution in [1.82, 2.24) is 16.0 Å². The smallest absolute Gasteiger partial charge is 0.241 e. The summed E-state index contributed by atoms with van der Waals surface area (Å²) >= 11 is 0. The SMILES string of the molecule is CCNC(=NCC(=O)NCCOC)NCC1(C)CCCO1. The van der Waals surface area contributed by atoms with Crippen LogP contribution in [0.3, 0.4) is 0 Å². The molecule has 0 aromatic heterocycles. The van der Waals surface area contributed by atoms with Crippen molar-refractivity contribution in [3.8, 4) is 0 Å². The van der Waals surface area contributed by atoms with Crippen LogP contribution in [0.5, 0.6) is 0 Å². The van der Waals surface area contributed by atoms with Gasteiger partial charge in [0.25, 0.3) is 0 Å². The fourth-order valence-electron chi connectivity index (χ4n) is 2.09. The van der Waals surface area contributed by atoms with Gasteiger partial charge in [-0.15, -0.1) is 0 Å². The number of nitrogens with one attached hydrogen (secondary N) is 3. The van der Waals surface area contributed by atoms with Gasteiger partial charge >= 0.3 is 0 Å². The molecular weight excluding hydrogens is 272 g/mol. The van der Waals surface area contributed by atoms with E-state index in [1.807, 2.05) is 6.92 Å². The predicted octanol–water partition coefficient (Wildman–Crippen LogP) is -0.127. The van der Waals surface area contributed by atoms with E-state index in [2.05, 4.69) is 27.9 Å². The van der Waals surface area contributed by atoms with Crippen LogP contribution in [-0.2, 0) is 14.3 Å². The first-order valence-corrected chi connectivity index (χ1v) is 7.51. The number of amides is 1. The maximum Gasteiger partial charge on any atom is 0.241 e. The average Bonchev–Trinajstić information content (AvgIpc) is 2.89. The van der Waals surface area contributed by atoms with E-state index < -0.39 is 0 Å². The van der Waals surface area contributed by atoms with Gasteiger partial charge in [0, 0.05) is 33.4 Å². The highest BCUT2D eigenvalue weighted by Crippen LogP contribution is 2.23. The molecule has 0 aromatic rings. The van der Waals surface area contributed by atoms with Gasteiger partial charge in [-0.3, -0.25) is 4.79 Å². The maximum atomic E-state index is 11.6. The van der Waals surface area contributed by atoms with E-state index in [1.165, 1.54) is 0 Å². The third-order valence-electron chi connectivity index (χ3n) is 3.28. The average molecular weight is 300 g/mol. The molecule has 1 atom stereocenters. The Morgan fingerprint density at radius 3 is 2.81 bits per heavy atom. The van der Waals surface area contributed by atoms with Crippen molar-refractivity contribution in [2.45, 2.75) is 32.3 Å². The van der Waals surface area contributed by atoms with E-state index in [4.69, 9.17) is 9.47 Å². The fourth-order valence-corrected chi connectivity index (χ4v) is 2.09. The number of rotatable bonds is 8. The van der Waals surface area contributed by atoms with Crippen molar-refractivity contribution in [1.29, 1.82) is 0 Å². The Morgan fingerprint density at radius 1 is 1.38 bits per heavy atom. The number of ether oxygens (including phenoxy) is 2. The van der Waals surface area contributed by atoms with Gasteiger partial charge in [-0.25, -0.2) is 4.99 Å². The second kappa shape index (κ2) is 9.57. The van der Waals surface area contributed by atoms with Gasteiger partial charge in [0.1, 0.15) is 6.54 Å². The number of nitrogens with zero attached hydrogens (tertiary/aromatic N) is 1. The maximum absolute atomic E-state index is 11.6. The Kier molecular flexibility index (Phi) is 8.07. The molecule has 0 radical (unpaired) electrons. The minimum absolute atomic E-state index is 0.0939. The number of hydrogen-bond donors (Lipinski definition) is 3. The first-order chi connectivity index (χ1) is 10.1. The summed E-state index contributed by atoms with van der Waals surface area (Å²) in [6.07, 6.45) is 2.13. The summed E-state index contributed by atoms with van der Waals surface area (Å²) in [6, 6.07) is 0. The predicted molar refractivity (Wildman–Crippen MR) is 82.5 cm³/mol. The molecule has 1 rings (SSSR count). The molecule has 0 spiro atoms. The van der Waals surface area contributed by atoms with Crippen molar-refractivity contribution >= 4 is 11.9 Å². The number of aliphatic imine (C=N–C) groups is 1. The number of methoxy groups -OCH3 is 1. The van der Waals surface area contributed by atoms with E-state index in [1.54, 1.807) is 7.11 Å². The molecule has 0 aromatic carbocycles. The summed E-state index contributed by atoms with van der Waals surface area (Å²) in [4.78, 5) is 15.9. The molecule has 3 N–H and O–H groups in total. The lowest BCUT2D eigenvalue weighted by atomic mass is 10.0. The Bertz CT molecular complexity index is 341. The van der Waals surface area contributed by atoms with Crippen molar-refractivity contribution in [2.24, 2.45) is 4.99 Å². The Hall–Kier alpha value is -1.34. The highest BCUT2D eigenvalue weighted by Gasteiger charge is 2.29. The van der Waals surface area contributed by atoms with Crippen LogP contribution in [0.1, 0.15) is 26.7 Å². The topological polar surface area (TPSA) is 84.0 Å². The first kappa shape index (κ1) is 17.7. The molecule has 21 heavy (non-hydrogen) atoms. The van der Waals surface area contributed by atoms with Crippen LogP contribution in [-0.4, -0.2) is 64.0 Å². The van der Waals surface area contributed by atoms with Gasteiger partial charge in [0.15, 0.2) is 5.96 Å². The molecule has 0 saturated carbocycles. The molecule has 122 valence electrons. The van der Waals surface area contributed by atoms with E-state index in [-0.39, 0.29) is 18.1 Å². The van der Waals surface area contributed by atoms with Crippen LogP contribution in [0.2, 0.25) is 0 Å². The molecule has 0 bridgehead atoms. The molecule has 1 fully saturated rings. The van der Waals surface area contributed by atoms with E-state index >= 15 is 0 Å². The third kappa shape index (κ3) is 7.29. The summed E-state index contributed by atoms with van der Waals surface area (Å²) in [5, 5.41) is 9.09. The Morgan fingerprint density at radius 2 is 2.19 bits per heavy atom. The molecule has 1 heterocycles. The van der Waals surface area contributed by atoms with Crippen LogP contribution in [0.25, 0.3) is 0 Å². The number of guanidine groups is 1. The summed E-state index contributed by atoms with van der Waals surface area (Å²) in [7, 11) is 1.60. The quantitative estimate of drug-likeness (QED) is 0.330. The lowest BCUT2D eigenvalue weighted by Gasteiger charge is -2.24. The molecule has 1 aliphatic rings. The molecule has 1 amide bonds. The van der Waals surface area contributed by atoms with Crippen LogP contribution < -0.4 is 16.0 Å². The molecule has 1 aliphatic heterocycles. The van der Waals surface area contributed by atoms with Crippen LogP contribution in [0.15, 0.2) is 4.99 Å². The first-order valence-electron chi connectivity index (χ1n) is 7.51. The Labute approximate surface area is 126 Å². The van der Waals surface area contributed by atoms with Crippen molar-refractivity contribution in [3.05, 3.63) is 0 Å². The van der Waals surface area contributed by atoms with E-state index in [0.29, 0.717) is 25.7 Å². The zero-order valence-electron chi connectivity index (χ0n) is 13.3. The summed E-state index contributed by atoms with van der Waals surface area (Å²) < 4.78 is 10.6. The lowest BCUT2D eigenvalue weighted by molar-refractivity contribution is -0.119. The highest BCUT2D eigenvalue weighted by molar-refractivity contribution is 5.84.